The summed E-state index contributed by atoms with van der Waals surface area (Å²) < 4.78 is 0. The van der Waals surface area contributed by atoms with E-state index >= 15 is 0 Å². The molecular weight excluding hydrogens is 337 g/mol. The molecule has 0 radical (unpaired) electrons. The van der Waals surface area contributed by atoms with E-state index in [2.05, 4.69) is 15.6 Å². The van der Waals surface area contributed by atoms with Gasteiger partial charge in [-0.3, -0.25) is 0 Å². The Morgan fingerprint density at radius 3 is 2.52 bits per heavy atom. The number of para-hydroxylation sites is 1. The number of nitrogens with one attached hydrogen (secondary N) is 2. The van der Waals surface area contributed by atoms with Crippen molar-refractivity contribution < 1.29 is 14.7 Å². The molecule has 21 heavy (non-hydrogen) atoms. The number of thiazole rings is 1. The van der Waals surface area contributed by atoms with Crippen LogP contribution in [0.15, 0.2) is 23.6 Å². The number of hydrogen-bond donors (Lipinski definition) is 3. The maximum absolute atomic E-state index is 11.8. The predicted molar refractivity (Wildman–Crippen MR) is 81.4 cm³/mol. The molecule has 110 valence electrons. The zero-order valence-electron chi connectivity index (χ0n) is 10.4. The highest BCUT2D eigenvalue weighted by Crippen LogP contribution is 2.29. The van der Waals surface area contributed by atoms with Crippen molar-refractivity contribution in [1.29, 1.82) is 0 Å². The normalized spacial score (nSPS) is 10.2. The molecule has 2 aromatic rings. The fourth-order valence-electron chi connectivity index (χ4n) is 1.42. The molecule has 0 bridgehead atoms. The van der Waals surface area contributed by atoms with Crippen LogP contribution in [-0.2, 0) is 6.54 Å². The van der Waals surface area contributed by atoms with E-state index in [1.54, 1.807) is 18.2 Å². The highest BCUT2D eigenvalue weighted by atomic mass is 35.5. The van der Waals surface area contributed by atoms with Crippen LogP contribution >= 0.6 is 34.5 Å². The van der Waals surface area contributed by atoms with Crippen LogP contribution in [-0.4, -0.2) is 22.1 Å². The third-order valence-corrected chi connectivity index (χ3v) is 3.85. The maximum atomic E-state index is 11.8. The second-order valence-electron chi connectivity index (χ2n) is 3.84. The Kier molecular flexibility index (Phi) is 5.00. The van der Waals surface area contributed by atoms with E-state index < -0.39 is 12.0 Å². The van der Waals surface area contributed by atoms with Crippen molar-refractivity contribution >= 4 is 52.2 Å². The minimum Gasteiger partial charge on any atom is -0.476 e. The van der Waals surface area contributed by atoms with E-state index in [1.807, 2.05) is 0 Å². The van der Waals surface area contributed by atoms with Crippen molar-refractivity contribution in [3.05, 3.63) is 44.3 Å². The minimum absolute atomic E-state index is 0.0497. The molecule has 0 fully saturated rings. The highest BCUT2D eigenvalue weighted by Gasteiger charge is 2.11. The summed E-state index contributed by atoms with van der Waals surface area (Å²) in [5.74, 6) is -1.11. The van der Waals surface area contributed by atoms with Gasteiger partial charge in [0, 0.05) is 5.38 Å². The summed E-state index contributed by atoms with van der Waals surface area (Å²) in [4.78, 5) is 26.3. The minimum atomic E-state index is -1.11. The molecule has 0 aliphatic rings. The van der Waals surface area contributed by atoms with Gasteiger partial charge in [0.25, 0.3) is 0 Å². The quantitative estimate of drug-likeness (QED) is 0.791. The second kappa shape index (κ2) is 6.75. The van der Waals surface area contributed by atoms with Crippen molar-refractivity contribution in [3.8, 4) is 0 Å². The van der Waals surface area contributed by atoms with E-state index in [-0.39, 0.29) is 12.2 Å². The van der Waals surface area contributed by atoms with Gasteiger partial charge in [-0.05, 0) is 12.1 Å². The lowest BCUT2D eigenvalue weighted by Crippen LogP contribution is -2.28. The van der Waals surface area contributed by atoms with Gasteiger partial charge in [-0.25, -0.2) is 14.6 Å². The van der Waals surface area contributed by atoms with Gasteiger partial charge >= 0.3 is 12.0 Å². The Hall–Kier alpha value is -1.83. The van der Waals surface area contributed by atoms with Crippen molar-refractivity contribution in [2.24, 2.45) is 0 Å². The first-order valence-corrected chi connectivity index (χ1v) is 7.27. The first kappa shape index (κ1) is 15.6. The highest BCUT2D eigenvalue weighted by molar-refractivity contribution is 7.09. The fourth-order valence-corrected chi connectivity index (χ4v) is 2.62. The number of benzene rings is 1. The number of aromatic carboxylic acids is 1. The first-order chi connectivity index (χ1) is 9.97. The lowest BCUT2D eigenvalue weighted by atomic mass is 10.3. The molecule has 0 aliphatic heterocycles. The Morgan fingerprint density at radius 1 is 1.29 bits per heavy atom. The van der Waals surface area contributed by atoms with Crippen LogP contribution in [0.5, 0.6) is 0 Å². The van der Waals surface area contributed by atoms with Gasteiger partial charge in [0.1, 0.15) is 5.01 Å². The van der Waals surface area contributed by atoms with E-state index in [4.69, 9.17) is 28.3 Å². The number of aromatic nitrogens is 1. The van der Waals surface area contributed by atoms with E-state index in [1.165, 1.54) is 5.38 Å². The number of carboxylic acids is 1. The number of hydrogen-bond acceptors (Lipinski definition) is 4. The van der Waals surface area contributed by atoms with E-state index in [0.29, 0.717) is 20.7 Å². The standard InChI is InChI=1S/C12H9Cl2N3O3S/c13-6-2-1-3-7(14)10(6)17-12(20)15-4-9-16-8(5-21-9)11(18)19/h1-3,5H,4H2,(H,18,19)(H2,15,17,20). The number of carboxylic acid groups (broad SMARTS) is 1. The van der Waals surface area contributed by atoms with Crippen molar-refractivity contribution in [2.45, 2.75) is 6.54 Å². The summed E-state index contributed by atoms with van der Waals surface area (Å²) in [5, 5.41) is 16.3. The van der Waals surface area contributed by atoms with Crippen LogP contribution in [0.4, 0.5) is 10.5 Å². The topological polar surface area (TPSA) is 91.3 Å². The third kappa shape index (κ3) is 4.07. The summed E-state index contributed by atoms with van der Waals surface area (Å²) in [6, 6.07) is 4.35. The first-order valence-electron chi connectivity index (χ1n) is 5.64. The summed E-state index contributed by atoms with van der Waals surface area (Å²) in [6.07, 6.45) is 0. The summed E-state index contributed by atoms with van der Waals surface area (Å²) >= 11 is 13.0. The van der Waals surface area contributed by atoms with Gasteiger partial charge in [-0.15, -0.1) is 11.3 Å². The Labute approximate surface area is 133 Å². The smallest absolute Gasteiger partial charge is 0.355 e. The third-order valence-electron chi connectivity index (χ3n) is 2.37. The molecule has 0 unspecified atom stereocenters. The summed E-state index contributed by atoms with van der Waals surface area (Å²) in [5.41, 5.74) is 0.259. The Morgan fingerprint density at radius 2 is 1.95 bits per heavy atom. The molecule has 1 heterocycles. The van der Waals surface area contributed by atoms with Gasteiger partial charge in [-0.2, -0.15) is 0 Å². The molecule has 0 saturated carbocycles. The molecule has 2 amide bonds. The molecule has 0 atom stereocenters. The van der Waals surface area contributed by atoms with E-state index in [0.717, 1.165) is 11.3 Å². The van der Waals surface area contributed by atoms with Crippen LogP contribution in [0.2, 0.25) is 10.0 Å². The number of carbonyl (C=O) groups excluding carboxylic acids is 1. The summed E-state index contributed by atoms with van der Waals surface area (Å²) in [6.45, 7) is 0.103. The lowest BCUT2D eigenvalue weighted by Gasteiger charge is -2.09. The Bertz CT molecular complexity index is 670. The van der Waals surface area contributed by atoms with Crippen LogP contribution in [0.25, 0.3) is 0 Å². The molecule has 0 aliphatic carbocycles. The molecule has 9 heteroatoms. The maximum Gasteiger partial charge on any atom is 0.355 e. The fraction of sp³-hybridized carbons (Fsp3) is 0.0833. The average Bonchev–Trinajstić information content (AvgIpc) is 2.90. The van der Waals surface area contributed by atoms with Crippen LogP contribution in [0.3, 0.4) is 0 Å². The van der Waals surface area contributed by atoms with Crippen LogP contribution in [0.1, 0.15) is 15.5 Å². The monoisotopic (exact) mass is 345 g/mol. The number of carbonyl (C=O) groups is 2. The molecule has 1 aromatic carbocycles. The number of amides is 2. The summed E-state index contributed by atoms with van der Waals surface area (Å²) in [7, 11) is 0. The Balaban J connectivity index is 1.94. The number of urea groups is 1. The molecule has 6 nitrogen and oxygen atoms in total. The zero-order valence-corrected chi connectivity index (χ0v) is 12.7. The molecule has 0 saturated heterocycles. The SMILES string of the molecule is O=C(NCc1nc(C(=O)O)cs1)Nc1c(Cl)cccc1Cl. The predicted octanol–water partition coefficient (Wildman–Crippen LogP) is 3.47. The van der Waals surface area contributed by atoms with Gasteiger partial charge in [0.2, 0.25) is 0 Å². The largest absolute Gasteiger partial charge is 0.476 e. The van der Waals surface area contributed by atoms with Crippen molar-refractivity contribution in [3.63, 3.8) is 0 Å². The average molecular weight is 346 g/mol. The molecule has 2 rings (SSSR count). The van der Waals surface area contributed by atoms with Crippen molar-refractivity contribution in [2.75, 3.05) is 5.32 Å². The van der Waals surface area contributed by atoms with Gasteiger partial charge < -0.3 is 15.7 Å². The lowest BCUT2D eigenvalue weighted by molar-refractivity contribution is 0.0691. The molecule has 1 aromatic heterocycles. The molecule has 3 N–H and O–H groups in total. The zero-order chi connectivity index (χ0) is 15.4. The van der Waals surface area contributed by atoms with E-state index in [9.17, 15) is 9.59 Å². The van der Waals surface area contributed by atoms with Gasteiger partial charge in [0.05, 0.1) is 22.3 Å². The van der Waals surface area contributed by atoms with Crippen LogP contribution < -0.4 is 10.6 Å². The number of anilines is 1. The number of nitrogens with zero attached hydrogens (tertiary/aromatic N) is 1. The van der Waals surface area contributed by atoms with Gasteiger partial charge in [-0.1, -0.05) is 29.3 Å². The number of halogens is 2. The van der Waals surface area contributed by atoms with Crippen LogP contribution in [0, 0.1) is 0 Å². The second-order valence-corrected chi connectivity index (χ2v) is 5.59. The molecule has 0 spiro atoms. The number of rotatable bonds is 4. The van der Waals surface area contributed by atoms with Gasteiger partial charge in [0.15, 0.2) is 5.69 Å². The van der Waals surface area contributed by atoms with Crippen molar-refractivity contribution in [1.82, 2.24) is 10.3 Å². The molecular formula is C12H9Cl2N3O3S.